The average molecular weight is 249 g/mol. The first-order valence-corrected chi connectivity index (χ1v) is 6.37. The molecule has 0 aliphatic rings. The van der Waals surface area contributed by atoms with Gasteiger partial charge in [0.25, 0.3) is 0 Å². The minimum absolute atomic E-state index is 0.358. The first-order valence-electron chi connectivity index (χ1n) is 6.37. The molecule has 0 radical (unpaired) electrons. The van der Waals surface area contributed by atoms with Gasteiger partial charge in [-0.1, -0.05) is 25.5 Å². The van der Waals surface area contributed by atoms with E-state index in [1.54, 1.807) is 0 Å². The normalized spacial score (nSPS) is 11.6. The van der Waals surface area contributed by atoms with Gasteiger partial charge in [0.15, 0.2) is 5.96 Å². The number of nitrogens with one attached hydrogen (secondary N) is 1. The number of unbranched alkanes of at least 4 members (excludes halogenated alkanes) is 1. The Balaban J connectivity index is 2.60. The summed E-state index contributed by atoms with van der Waals surface area (Å²) in [5.41, 5.74) is 8.56. The molecule has 0 aliphatic carbocycles. The van der Waals surface area contributed by atoms with Gasteiger partial charge < -0.3 is 16.2 Å². The summed E-state index contributed by atoms with van der Waals surface area (Å²) in [5.74, 6) is 0.837. The summed E-state index contributed by atoms with van der Waals surface area (Å²) in [6.07, 6.45) is 2.23. The standard InChI is InChI=1S/C14H23N3O/c1-4-5-6-16-14(15)17-9-12-7-10(2)13(18)11(3)8-12/h7-8,18H,4-6,9H2,1-3H3,(H3,15,16,17). The number of aliphatic imine (C=N–C) groups is 1. The Labute approximate surface area is 109 Å². The fraction of sp³-hybridized carbons (Fsp3) is 0.500. The van der Waals surface area contributed by atoms with E-state index < -0.39 is 0 Å². The maximum Gasteiger partial charge on any atom is 0.188 e. The van der Waals surface area contributed by atoms with Crippen LogP contribution in [-0.2, 0) is 6.54 Å². The van der Waals surface area contributed by atoms with Crippen LogP contribution in [0.5, 0.6) is 5.75 Å². The first kappa shape index (κ1) is 14.4. The van der Waals surface area contributed by atoms with Crippen molar-refractivity contribution < 1.29 is 5.11 Å². The summed E-state index contributed by atoms with van der Waals surface area (Å²) in [6.45, 7) is 7.31. The van der Waals surface area contributed by atoms with Crippen molar-refractivity contribution in [1.29, 1.82) is 0 Å². The minimum atomic E-state index is 0.358. The Hall–Kier alpha value is -1.71. The van der Waals surface area contributed by atoms with Gasteiger partial charge in [-0.05, 0) is 37.0 Å². The van der Waals surface area contributed by atoms with Crippen molar-refractivity contribution in [3.05, 3.63) is 28.8 Å². The molecule has 1 aromatic carbocycles. The van der Waals surface area contributed by atoms with Crippen LogP contribution in [0.3, 0.4) is 0 Å². The van der Waals surface area contributed by atoms with Crippen LogP contribution in [0, 0.1) is 13.8 Å². The lowest BCUT2D eigenvalue weighted by Crippen LogP contribution is -2.32. The number of phenolic OH excluding ortho intramolecular Hbond substituents is 1. The van der Waals surface area contributed by atoms with Gasteiger partial charge in [0.2, 0.25) is 0 Å². The molecule has 0 bridgehead atoms. The molecule has 4 heteroatoms. The number of guanidine groups is 1. The fourth-order valence-electron chi connectivity index (χ4n) is 1.76. The summed E-state index contributed by atoms with van der Waals surface area (Å²) in [7, 11) is 0. The van der Waals surface area contributed by atoms with Gasteiger partial charge in [0, 0.05) is 6.54 Å². The molecule has 4 nitrogen and oxygen atoms in total. The number of nitrogens with two attached hydrogens (primary N) is 1. The highest BCUT2D eigenvalue weighted by atomic mass is 16.3. The molecule has 18 heavy (non-hydrogen) atoms. The topological polar surface area (TPSA) is 70.6 Å². The summed E-state index contributed by atoms with van der Waals surface area (Å²) in [5, 5.41) is 12.8. The molecule has 0 aliphatic heterocycles. The van der Waals surface area contributed by atoms with Crippen molar-refractivity contribution in [1.82, 2.24) is 5.32 Å². The van der Waals surface area contributed by atoms with E-state index in [4.69, 9.17) is 5.73 Å². The number of hydrogen-bond acceptors (Lipinski definition) is 2. The van der Waals surface area contributed by atoms with E-state index in [2.05, 4.69) is 17.2 Å². The van der Waals surface area contributed by atoms with Crippen LogP contribution in [0.25, 0.3) is 0 Å². The Morgan fingerprint density at radius 3 is 2.50 bits per heavy atom. The molecule has 0 unspecified atom stereocenters. The predicted molar refractivity (Wildman–Crippen MR) is 75.8 cm³/mol. The molecule has 0 heterocycles. The van der Waals surface area contributed by atoms with Crippen molar-refractivity contribution in [2.45, 2.75) is 40.2 Å². The lowest BCUT2D eigenvalue weighted by molar-refractivity contribution is 0.466. The van der Waals surface area contributed by atoms with Crippen molar-refractivity contribution in [3.8, 4) is 5.75 Å². The summed E-state index contributed by atoms with van der Waals surface area (Å²) in [6, 6.07) is 3.87. The number of benzene rings is 1. The van der Waals surface area contributed by atoms with Crippen LogP contribution in [0.4, 0.5) is 0 Å². The predicted octanol–water partition coefficient (Wildman–Crippen LogP) is 2.21. The zero-order chi connectivity index (χ0) is 13.5. The van der Waals surface area contributed by atoms with Gasteiger partial charge in [-0.15, -0.1) is 0 Å². The third kappa shape index (κ3) is 4.28. The zero-order valence-corrected chi connectivity index (χ0v) is 11.5. The fourth-order valence-corrected chi connectivity index (χ4v) is 1.76. The molecule has 0 fully saturated rings. The first-order chi connectivity index (χ1) is 8.54. The smallest absolute Gasteiger partial charge is 0.188 e. The second-order valence-corrected chi connectivity index (χ2v) is 4.56. The number of aryl methyl sites for hydroxylation is 2. The summed E-state index contributed by atoms with van der Waals surface area (Å²) in [4.78, 5) is 4.28. The molecular formula is C14H23N3O. The third-order valence-electron chi connectivity index (χ3n) is 2.82. The van der Waals surface area contributed by atoms with E-state index in [9.17, 15) is 5.11 Å². The van der Waals surface area contributed by atoms with Crippen LogP contribution >= 0.6 is 0 Å². The molecule has 0 aromatic heterocycles. The number of rotatable bonds is 5. The third-order valence-corrected chi connectivity index (χ3v) is 2.82. The second-order valence-electron chi connectivity index (χ2n) is 4.56. The van der Waals surface area contributed by atoms with Gasteiger partial charge >= 0.3 is 0 Å². The number of hydrogen-bond donors (Lipinski definition) is 3. The Bertz CT molecular complexity index is 404. The summed E-state index contributed by atoms with van der Waals surface area (Å²) < 4.78 is 0. The molecule has 0 amide bonds. The molecule has 0 atom stereocenters. The molecule has 0 saturated carbocycles. The largest absolute Gasteiger partial charge is 0.507 e. The van der Waals surface area contributed by atoms with E-state index in [1.807, 2.05) is 26.0 Å². The van der Waals surface area contributed by atoms with E-state index in [1.165, 1.54) is 0 Å². The molecule has 4 N–H and O–H groups in total. The number of phenols is 1. The average Bonchev–Trinajstić information content (AvgIpc) is 2.33. The second kappa shape index (κ2) is 6.89. The molecule has 100 valence electrons. The van der Waals surface area contributed by atoms with E-state index in [-0.39, 0.29) is 0 Å². The van der Waals surface area contributed by atoms with Crippen LogP contribution in [0.1, 0.15) is 36.5 Å². The highest BCUT2D eigenvalue weighted by Crippen LogP contribution is 2.23. The van der Waals surface area contributed by atoms with Crippen LogP contribution in [0.15, 0.2) is 17.1 Å². The quantitative estimate of drug-likeness (QED) is 0.425. The summed E-state index contributed by atoms with van der Waals surface area (Å²) >= 11 is 0. The van der Waals surface area contributed by atoms with Crippen LogP contribution in [-0.4, -0.2) is 17.6 Å². The minimum Gasteiger partial charge on any atom is -0.507 e. The molecule has 0 spiro atoms. The van der Waals surface area contributed by atoms with E-state index in [0.717, 1.165) is 36.1 Å². The highest BCUT2D eigenvalue weighted by molar-refractivity contribution is 5.77. The van der Waals surface area contributed by atoms with Gasteiger partial charge in [0.1, 0.15) is 5.75 Å². The lowest BCUT2D eigenvalue weighted by Gasteiger charge is -2.07. The number of nitrogens with zero attached hydrogens (tertiary/aromatic N) is 1. The SMILES string of the molecule is CCCCNC(N)=NCc1cc(C)c(O)c(C)c1. The van der Waals surface area contributed by atoms with Crippen molar-refractivity contribution in [2.75, 3.05) is 6.54 Å². The molecule has 1 rings (SSSR count). The number of aromatic hydroxyl groups is 1. The van der Waals surface area contributed by atoms with Gasteiger partial charge in [-0.3, -0.25) is 0 Å². The van der Waals surface area contributed by atoms with Crippen LogP contribution < -0.4 is 11.1 Å². The molecular weight excluding hydrogens is 226 g/mol. The monoisotopic (exact) mass is 249 g/mol. The van der Waals surface area contributed by atoms with Crippen LogP contribution in [0.2, 0.25) is 0 Å². The van der Waals surface area contributed by atoms with Gasteiger partial charge in [-0.25, -0.2) is 4.99 Å². The van der Waals surface area contributed by atoms with Crippen molar-refractivity contribution >= 4 is 5.96 Å². The van der Waals surface area contributed by atoms with Gasteiger partial charge in [-0.2, -0.15) is 0 Å². The van der Waals surface area contributed by atoms with Crippen molar-refractivity contribution in [3.63, 3.8) is 0 Å². The van der Waals surface area contributed by atoms with E-state index in [0.29, 0.717) is 18.3 Å². The Morgan fingerprint density at radius 2 is 1.94 bits per heavy atom. The molecule has 0 saturated heterocycles. The Kier molecular flexibility index (Phi) is 5.49. The maximum atomic E-state index is 9.68. The van der Waals surface area contributed by atoms with E-state index >= 15 is 0 Å². The van der Waals surface area contributed by atoms with Gasteiger partial charge in [0.05, 0.1) is 6.54 Å². The maximum absolute atomic E-state index is 9.68. The Morgan fingerprint density at radius 1 is 1.33 bits per heavy atom. The zero-order valence-electron chi connectivity index (χ0n) is 11.5. The molecule has 1 aromatic rings. The van der Waals surface area contributed by atoms with Crippen molar-refractivity contribution in [2.24, 2.45) is 10.7 Å². The lowest BCUT2D eigenvalue weighted by atomic mass is 10.1. The highest BCUT2D eigenvalue weighted by Gasteiger charge is 2.02.